The lowest BCUT2D eigenvalue weighted by Crippen LogP contribution is -2.16. The molecule has 0 saturated heterocycles. The molecule has 0 amide bonds. The molecule has 1 heterocycles. The van der Waals surface area contributed by atoms with Gasteiger partial charge in [0.25, 0.3) is 10.0 Å². The highest BCUT2D eigenvalue weighted by Crippen LogP contribution is 2.32. The van der Waals surface area contributed by atoms with Crippen LogP contribution in [0, 0.1) is 0 Å². The van der Waals surface area contributed by atoms with Crippen molar-refractivity contribution in [3.05, 3.63) is 33.3 Å². The molecule has 6 nitrogen and oxygen atoms in total. The monoisotopic (exact) mass is 366 g/mol. The first kappa shape index (κ1) is 16.4. The molecule has 114 valence electrons. The Morgan fingerprint density at radius 1 is 1.33 bits per heavy atom. The molecule has 1 aromatic heterocycles. The smallest absolute Gasteiger partial charge is 0.265 e. The van der Waals surface area contributed by atoms with Crippen LogP contribution in [-0.4, -0.2) is 25.2 Å². The van der Waals surface area contributed by atoms with E-state index in [1.807, 2.05) is 6.92 Å². The van der Waals surface area contributed by atoms with Gasteiger partial charge < -0.3 is 5.32 Å². The van der Waals surface area contributed by atoms with Crippen LogP contribution in [0.25, 0.3) is 0 Å². The fourth-order valence-corrected chi connectivity index (χ4v) is 4.19. The summed E-state index contributed by atoms with van der Waals surface area (Å²) in [6.07, 6.45) is 0. The molecule has 1 aromatic carbocycles. The Labute approximate surface area is 136 Å². The van der Waals surface area contributed by atoms with Crippen LogP contribution >= 0.6 is 34.5 Å². The van der Waals surface area contributed by atoms with Gasteiger partial charge in [-0.2, -0.15) is 0 Å². The van der Waals surface area contributed by atoms with Crippen molar-refractivity contribution in [3.63, 3.8) is 0 Å². The molecule has 0 atom stereocenters. The molecular formula is C11H12Cl2N4O2S2. The van der Waals surface area contributed by atoms with Crippen LogP contribution in [0.4, 0.5) is 5.13 Å². The minimum Gasteiger partial charge on any atom is -0.313 e. The maximum absolute atomic E-state index is 12.3. The molecule has 0 spiro atoms. The molecule has 0 bridgehead atoms. The van der Waals surface area contributed by atoms with Gasteiger partial charge in [-0.05, 0) is 18.7 Å². The van der Waals surface area contributed by atoms with Crippen molar-refractivity contribution in [2.75, 3.05) is 11.3 Å². The van der Waals surface area contributed by atoms with Crippen molar-refractivity contribution in [1.82, 2.24) is 15.5 Å². The first-order chi connectivity index (χ1) is 9.95. The van der Waals surface area contributed by atoms with Gasteiger partial charge in [0.05, 0.1) is 5.02 Å². The molecule has 2 N–H and O–H groups in total. The summed E-state index contributed by atoms with van der Waals surface area (Å²) in [5, 5.41) is 11.0. The second kappa shape index (κ2) is 6.89. The van der Waals surface area contributed by atoms with E-state index in [1.54, 1.807) is 0 Å². The Morgan fingerprint density at radius 2 is 2.10 bits per heavy atom. The SMILES string of the molecule is CCNCc1c(Cl)ccc(S(=O)(=O)Nc2nncs2)c1Cl. The summed E-state index contributed by atoms with van der Waals surface area (Å²) in [5.74, 6) is 0. The lowest BCUT2D eigenvalue weighted by Gasteiger charge is -2.12. The Morgan fingerprint density at radius 3 is 2.71 bits per heavy atom. The molecule has 10 heteroatoms. The molecule has 2 rings (SSSR count). The van der Waals surface area contributed by atoms with E-state index < -0.39 is 10.0 Å². The number of nitrogens with one attached hydrogen (secondary N) is 2. The van der Waals surface area contributed by atoms with Gasteiger partial charge in [0.1, 0.15) is 10.4 Å². The number of aromatic nitrogens is 2. The second-order valence-electron chi connectivity index (χ2n) is 3.97. The summed E-state index contributed by atoms with van der Waals surface area (Å²) < 4.78 is 27.0. The van der Waals surface area contributed by atoms with Gasteiger partial charge in [-0.3, -0.25) is 4.72 Å². The van der Waals surface area contributed by atoms with Gasteiger partial charge in [-0.15, -0.1) is 10.2 Å². The average Bonchev–Trinajstić information content (AvgIpc) is 2.90. The zero-order valence-electron chi connectivity index (χ0n) is 10.9. The summed E-state index contributed by atoms with van der Waals surface area (Å²) in [6, 6.07) is 2.87. The highest BCUT2D eigenvalue weighted by atomic mass is 35.5. The highest BCUT2D eigenvalue weighted by molar-refractivity contribution is 7.93. The van der Waals surface area contributed by atoms with Crippen molar-refractivity contribution in [3.8, 4) is 0 Å². The predicted molar refractivity (Wildman–Crippen MR) is 84.6 cm³/mol. The maximum Gasteiger partial charge on any atom is 0.265 e. The largest absolute Gasteiger partial charge is 0.313 e. The number of hydrogen-bond donors (Lipinski definition) is 2. The van der Waals surface area contributed by atoms with E-state index in [9.17, 15) is 8.42 Å². The van der Waals surface area contributed by atoms with Gasteiger partial charge >= 0.3 is 0 Å². The summed E-state index contributed by atoms with van der Waals surface area (Å²) in [6.45, 7) is 3.03. The Bertz CT molecular complexity index is 720. The van der Waals surface area contributed by atoms with E-state index in [4.69, 9.17) is 23.2 Å². The molecule has 0 unspecified atom stereocenters. The third-order valence-electron chi connectivity index (χ3n) is 2.57. The van der Waals surface area contributed by atoms with E-state index in [0.717, 1.165) is 11.3 Å². The number of rotatable bonds is 6. The number of anilines is 1. The molecule has 0 aliphatic carbocycles. The first-order valence-corrected chi connectivity index (χ1v) is 9.04. The van der Waals surface area contributed by atoms with Gasteiger partial charge in [-0.1, -0.05) is 41.5 Å². The molecule has 0 radical (unpaired) electrons. The molecule has 21 heavy (non-hydrogen) atoms. The van der Waals surface area contributed by atoms with E-state index in [1.165, 1.54) is 17.6 Å². The van der Waals surface area contributed by atoms with Crippen molar-refractivity contribution in [2.45, 2.75) is 18.4 Å². The second-order valence-corrected chi connectivity index (χ2v) is 7.24. The van der Waals surface area contributed by atoms with Crippen LogP contribution in [-0.2, 0) is 16.6 Å². The van der Waals surface area contributed by atoms with Crippen molar-refractivity contribution < 1.29 is 8.42 Å². The van der Waals surface area contributed by atoms with Gasteiger partial charge in [0, 0.05) is 17.1 Å². The standard InChI is InChI=1S/C11H12Cl2N4O2S2/c1-2-14-5-7-8(12)3-4-9(10(7)13)21(18,19)17-11-16-15-6-20-11/h3-4,6,14H,2,5H2,1H3,(H,16,17). The molecule has 2 aromatic rings. The van der Waals surface area contributed by atoms with E-state index >= 15 is 0 Å². The molecule has 0 aliphatic heterocycles. The molecular weight excluding hydrogens is 355 g/mol. The topological polar surface area (TPSA) is 84.0 Å². The molecule has 0 aliphatic rings. The lowest BCUT2D eigenvalue weighted by molar-refractivity contribution is 0.601. The number of nitrogens with zero attached hydrogens (tertiary/aromatic N) is 2. The van der Waals surface area contributed by atoms with Crippen LogP contribution in [0.2, 0.25) is 10.0 Å². The zero-order valence-corrected chi connectivity index (χ0v) is 14.1. The first-order valence-electron chi connectivity index (χ1n) is 5.92. The third-order valence-corrected chi connectivity index (χ3v) is 5.59. The summed E-state index contributed by atoms with van der Waals surface area (Å²) in [4.78, 5) is -0.0448. The van der Waals surface area contributed by atoms with Crippen molar-refractivity contribution in [1.29, 1.82) is 0 Å². The number of halogens is 2. The minimum absolute atomic E-state index is 0.0448. The fraction of sp³-hybridized carbons (Fsp3) is 0.273. The normalized spacial score (nSPS) is 11.6. The summed E-state index contributed by atoms with van der Waals surface area (Å²) in [7, 11) is -3.84. The summed E-state index contributed by atoms with van der Waals surface area (Å²) >= 11 is 13.3. The molecule has 0 fully saturated rings. The van der Waals surface area contributed by atoms with E-state index in [-0.39, 0.29) is 15.0 Å². The van der Waals surface area contributed by atoms with E-state index in [2.05, 4.69) is 20.2 Å². The third kappa shape index (κ3) is 3.83. The van der Waals surface area contributed by atoms with Gasteiger partial charge in [-0.25, -0.2) is 8.42 Å². The van der Waals surface area contributed by atoms with Crippen LogP contribution < -0.4 is 10.0 Å². The fourth-order valence-electron chi connectivity index (χ4n) is 1.58. The highest BCUT2D eigenvalue weighted by Gasteiger charge is 2.22. The quantitative estimate of drug-likeness (QED) is 0.820. The predicted octanol–water partition coefficient (Wildman–Crippen LogP) is 2.76. The van der Waals surface area contributed by atoms with E-state index in [0.29, 0.717) is 23.7 Å². The average molecular weight is 367 g/mol. The van der Waals surface area contributed by atoms with Gasteiger partial charge in [0.15, 0.2) is 0 Å². The Kier molecular flexibility index (Phi) is 5.39. The number of sulfonamides is 1. The minimum atomic E-state index is -3.84. The van der Waals surface area contributed by atoms with Crippen molar-refractivity contribution >= 4 is 49.7 Å². The van der Waals surface area contributed by atoms with Crippen LogP contribution in [0.5, 0.6) is 0 Å². The number of hydrogen-bond acceptors (Lipinski definition) is 6. The van der Waals surface area contributed by atoms with Crippen LogP contribution in [0.3, 0.4) is 0 Å². The maximum atomic E-state index is 12.3. The van der Waals surface area contributed by atoms with Crippen LogP contribution in [0.15, 0.2) is 22.5 Å². The Hall–Kier alpha value is -0.930. The van der Waals surface area contributed by atoms with Crippen molar-refractivity contribution in [2.24, 2.45) is 0 Å². The van der Waals surface area contributed by atoms with Crippen LogP contribution in [0.1, 0.15) is 12.5 Å². The molecule has 0 saturated carbocycles. The number of benzene rings is 1. The Balaban J connectivity index is 2.39. The summed E-state index contributed by atoms with van der Waals surface area (Å²) in [5.41, 5.74) is 1.97. The lowest BCUT2D eigenvalue weighted by atomic mass is 10.2. The van der Waals surface area contributed by atoms with Gasteiger partial charge in [0.2, 0.25) is 5.13 Å². The zero-order chi connectivity index (χ0) is 15.5.